The minimum atomic E-state index is -0.449. The first-order valence-electron chi connectivity index (χ1n) is 18.5. The van der Waals surface area contributed by atoms with Gasteiger partial charge in [0.1, 0.15) is 11.9 Å². The highest BCUT2D eigenvalue weighted by molar-refractivity contribution is 5.95. The number of nitrogens with zero attached hydrogens (tertiary/aromatic N) is 4. The van der Waals surface area contributed by atoms with Crippen LogP contribution in [0.15, 0.2) is 55.0 Å². The fourth-order valence-electron chi connectivity index (χ4n) is 9.13. The van der Waals surface area contributed by atoms with Crippen molar-refractivity contribution in [2.24, 2.45) is 11.3 Å². The summed E-state index contributed by atoms with van der Waals surface area (Å²) in [5.41, 5.74) is 6.07. The average molecular weight is 667 g/mol. The predicted molar refractivity (Wildman–Crippen MR) is 187 cm³/mol. The first kappa shape index (κ1) is 32.4. The van der Waals surface area contributed by atoms with Crippen molar-refractivity contribution in [2.45, 2.75) is 108 Å². The molecule has 9 rings (SSSR count). The van der Waals surface area contributed by atoms with Crippen LogP contribution in [0.3, 0.4) is 0 Å². The van der Waals surface area contributed by atoms with Gasteiger partial charge in [0.25, 0.3) is 0 Å². The monoisotopic (exact) mass is 666 g/mol. The summed E-state index contributed by atoms with van der Waals surface area (Å²) in [7, 11) is 1.74. The Morgan fingerprint density at radius 2 is 1.69 bits per heavy atom. The number of aliphatic hydroxyl groups excluding tert-OH is 1. The number of rotatable bonds is 9. The molecule has 3 aromatic rings. The van der Waals surface area contributed by atoms with E-state index >= 15 is 0 Å². The molecule has 6 aliphatic rings. The average Bonchev–Trinajstić information content (AvgIpc) is 3.85. The number of aliphatic hydroxyl groups is 1. The third-order valence-electron chi connectivity index (χ3n) is 12.6. The number of hydrogen-bond donors (Lipinski definition) is 1. The van der Waals surface area contributed by atoms with Crippen LogP contribution in [0.4, 0.5) is 10.5 Å². The predicted octanol–water partition coefficient (Wildman–Crippen LogP) is 7.06. The number of benzene rings is 2. The highest BCUT2D eigenvalue weighted by atomic mass is 16.6. The Bertz CT molecular complexity index is 1680. The van der Waals surface area contributed by atoms with Crippen molar-refractivity contribution in [1.82, 2.24) is 14.5 Å². The Morgan fingerprint density at radius 1 is 0.959 bits per heavy atom. The number of methoxy groups -OCH3 is 1. The minimum Gasteiger partial charge on any atom is -0.496 e. The largest absolute Gasteiger partial charge is 0.496 e. The van der Waals surface area contributed by atoms with Gasteiger partial charge in [-0.3, -0.25) is 4.79 Å². The van der Waals surface area contributed by atoms with E-state index in [1.54, 1.807) is 12.0 Å². The van der Waals surface area contributed by atoms with Crippen LogP contribution in [0, 0.1) is 18.3 Å². The summed E-state index contributed by atoms with van der Waals surface area (Å²) >= 11 is 0. The summed E-state index contributed by atoms with van der Waals surface area (Å²) in [6.45, 7) is 3.54. The summed E-state index contributed by atoms with van der Waals surface area (Å²) in [6.07, 6.45) is 15.0. The second-order valence-electron chi connectivity index (χ2n) is 15.8. The van der Waals surface area contributed by atoms with Crippen LogP contribution in [-0.4, -0.2) is 70.5 Å². The Morgan fingerprint density at radius 3 is 2.35 bits per heavy atom. The zero-order chi connectivity index (χ0) is 33.8. The molecule has 1 saturated heterocycles. The van der Waals surface area contributed by atoms with E-state index in [1.165, 1.54) is 24.0 Å². The van der Waals surface area contributed by atoms with Gasteiger partial charge in [0.15, 0.2) is 0 Å². The number of ether oxygens (including phenoxy) is 2. The fraction of sp³-hybridized carbons (Fsp3) is 0.575. The molecule has 9 nitrogen and oxygen atoms in total. The first-order valence-corrected chi connectivity index (χ1v) is 18.5. The number of aromatic nitrogens is 2. The highest BCUT2D eigenvalue weighted by Crippen LogP contribution is 2.58. The van der Waals surface area contributed by atoms with Gasteiger partial charge < -0.3 is 28.9 Å². The summed E-state index contributed by atoms with van der Waals surface area (Å²) in [6, 6.07) is 15.2. The number of carbonyl (C=O) groups excluding carboxylic acids is 2. The van der Waals surface area contributed by atoms with E-state index in [0.717, 1.165) is 67.9 Å². The Balaban J connectivity index is 1.01. The van der Waals surface area contributed by atoms with Crippen LogP contribution in [0.25, 0.3) is 5.69 Å². The van der Waals surface area contributed by atoms with Crippen LogP contribution in [0.2, 0.25) is 0 Å². The number of amides is 2. The van der Waals surface area contributed by atoms with Crippen LogP contribution in [0.5, 0.6) is 5.75 Å². The Hall–Kier alpha value is -3.85. The number of β-amino-alcohol motifs (C(OH)–C–C–N with tert-alkyl or cyclic N) is 1. The fourth-order valence-corrected chi connectivity index (χ4v) is 9.13. The normalized spacial score (nSPS) is 28.2. The van der Waals surface area contributed by atoms with Crippen molar-refractivity contribution in [2.75, 3.05) is 31.6 Å². The second kappa shape index (κ2) is 12.8. The van der Waals surface area contributed by atoms with Gasteiger partial charge in [-0.25, -0.2) is 9.78 Å². The first-order chi connectivity index (χ1) is 23.7. The molecule has 0 atom stereocenters. The molecule has 2 bridgehead atoms. The maximum absolute atomic E-state index is 14.7. The number of likely N-dealkylation sites (tertiary alicyclic amines) is 1. The number of fused-ring (bicyclic) bond motifs is 3. The molecule has 2 aromatic carbocycles. The molecule has 1 N–H and O–H groups in total. The lowest BCUT2D eigenvalue weighted by Crippen LogP contribution is -2.54. The van der Waals surface area contributed by atoms with Crippen molar-refractivity contribution in [3.05, 3.63) is 71.8 Å². The van der Waals surface area contributed by atoms with Gasteiger partial charge in [0.05, 0.1) is 38.3 Å². The summed E-state index contributed by atoms with van der Waals surface area (Å²) in [5.74, 6) is 1.61. The number of anilines is 1. The molecule has 1 aromatic heterocycles. The van der Waals surface area contributed by atoms with E-state index in [-0.39, 0.29) is 34.9 Å². The van der Waals surface area contributed by atoms with Crippen molar-refractivity contribution >= 4 is 17.7 Å². The molecule has 6 fully saturated rings. The molecular formula is C40H50N4O5. The van der Waals surface area contributed by atoms with Gasteiger partial charge in [-0.05, 0) is 130 Å². The summed E-state index contributed by atoms with van der Waals surface area (Å²) in [5, 5.41) is 9.57. The van der Waals surface area contributed by atoms with Crippen LogP contribution in [-0.2, 0) is 14.9 Å². The van der Waals surface area contributed by atoms with Gasteiger partial charge in [-0.1, -0.05) is 18.2 Å². The Kier molecular flexibility index (Phi) is 8.45. The van der Waals surface area contributed by atoms with Crippen molar-refractivity contribution in [1.29, 1.82) is 0 Å². The van der Waals surface area contributed by atoms with E-state index in [1.807, 2.05) is 6.33 Å². The van der Waals surface area contributed by atoms with Crippen molar-refractivity contribution in [3.63, 3.8) is 0 Å². The van der Waals surface area contributed by atoms with Crippen molar-refractivity contribution in [3.8, 4) is 11.4 Å². The number of carbonyl (C=O) groups is 2. The quantitative estimate of drug-likeness (QED) is 0.263. The lowest BCUT2D eigenvalue weighted by molar-refractivity contribution is -0.124. The van der Waals surface area contributed by atoms with E-state index in [0.29, 0.717) is 44.7 Å². The van der Waals surface area contributed by atoms with E-state index < -0.39 is 6.10 Å². The van der Waals surface area contributed by atoms with Gasteiger partial charge in [0, 0.05) is 36.0 Å². The van der Waals surface area contributed by atoms with Gasteiger partial charge in [-0.15, -0.1) is 0 Å². The van der Waals surface area contributed by atoms with Crippen LogP contribution < -0.4 is 9.64 Å². The molecule has 0 radical (unpaired) electrons. The highest BCUT2D eigenvalue weighted by Gasteiger charge is 2.51. The lowest BCUT2D eigenvalue weighted by atomic mass is 9.51. The molecule has 2 heterocycles. The third-order valence-corrected chi connectivity index (χ3v) is 12.6. The standard InChI is InChI=1S/C40H50N4O5/c1-27-20-30(10-13-36(27)48-2)40-17-14-39(15-18-40,16-19-40)25-44(32-5-3-4-31(21-32)43-24-35(41-26-43)28-6-7-28)37(46)29-8-11-34(12-9-29)49-38(47)42-22-33(45)23-42/h3-5,10,13,20-21,24,26,28-29,33-34,45H,6-9,11-12,14-19,22-23,25H2,1-2H3. The van der Waals surface area contributed by atoms with Gasteiger partial charge in [0.2, 0.25) is 5.91 Å². The molecule has 5 aliphatic carbocycles. The molecule has 5 saturated carbocycles. The summed E-state index contributed by atoms with van der Waals surface area (Å²) in [4.78, 5) is 35.5. The van der Waals surface area contributed by atoms with E-state index in [2.05, 4.69) is 70.0 Å². The smallest absolute Gasteiger partial charge is 0.410 e. The van der Waals surface area contributed by atoms with Crippen LogP contribution in [0.1, 0.15) is 99.8 Å². The molecule has 49 heavy (non-hydrogen) atoms. The minimum absolute atomic E-state index is 0.0948. The molecule has 0 spiro atoms. The Labute approximate surface area is 289 Å². The zero-order valence-electron chi connectivity index (χ0n) is 29.0. The molecule has 9 heteroatoms. The topological polar surface area (TPSA) is 97.1 Å². The molecule has 0 unspecified atom stereocenters. The zero-order valence-corrected chi connectivity index (χ0v) is 29.0. The number of hydrogen-bond acceptors (Lipinski definition) is 6. The van der Waals surface area contributed by atoms with E-state index in [9.17, 15) is 14.7 Å². The maximum Gasteiger partial charge on any atom is 0.410 e. The molecule has 1 aliphatic heterocycles. The number of imidazole rings is 1. The second-order valence-corrected chi connectivity index (χ2v) is 15.8. The van der Waals surface area contributed by atoms with Gasteiger partial charge in [-0.2, -0.15) is 0 Å². The molecule has 2 amide bonds. The third kappa shape index (κ3) is 6.35. The molecule has 260 valence electrons. The maximum atomic E-state index is 14.7. The van der Waals surface area contributed by atoms with Gasteiger partial charge >= 0.3 is 6.09 Å². The van der Waals surface area contributed by atoms with Crippen molar-refractivity contribution < 1.29 is 24.2 Å². The number of aryl methyl sites for hydroxylation is 1. The van der Waals surface area contributed by atoms with Crippen LogP contribution >= 0.6 is 0 Å². The SMILES string of the molecule is COc1ccc(C23CCC(CN(C(=O)C4CCC(OC(=O)N5CC(O)C5)CC4)c4cccc(-n5cnc(C6CC6)c5)c4)(CC2)CC3)cc1C. The summed E-state index contributed by atoms with van der Waals surface area (Å²) < 4.78 is 13.4. The van der Waals surface area contributed by atoms with E-state index in [4.69, 9.17) is 9.47 Å². The molecular weight excluding hydrogens is 616 g/mol. The lowest BCUT2D eigenvalue weighted by Gasteiger charge is -2.55.